The number of methoxy groups -OCH3 is 2. The number of nitrogens with zero attached hydrogens (tertiary/aromatic N) is 2. The first-order valence-corrected chi connectivity index (χ1v) is 11.3. The van der Waals surface area contributed by atoms with E-state index in [2.05, 4.69) is 21.2 Å². The van der Waals surface area contributed by atoms with Crippen molar-refractivity contribution >= 4 is 28.9 Å². The summed E-state index contributed by atoms with van der Waals surface area (Å²) >= 11 is 6.31. The van der Waals surface area contributed by atoms with Gasteiger partial charge in [0.1, 0.15) is 11.5 Å². The molecule has 6 nitrogen and oxygen atoms in total. The van der Waals surface area contributed by atoms with Crippen molar-refractivity contribution in [1.29, 1.82) is 0 Å². The van der Waals surface area contributed by atoms with Gasteiger partial charge in [0.05, 0.1) is 14.2 Å². The molecule has 172 valence electrons. The minimum absolute atomic E-state index is 0.215. The van der Waals surface area contributed by atoms with E-state index in [-0.39, 0.29) is 5.91 Å². The molecule has 1 aliphatic heterocycles. The number of anilines is 2. The highest BCUT2D eigenvalue weighted by Gasteiger charge is 2.18. The second kappa shape index (κ2) is 10.6. The van der Waals surface area contributed by atoms with Gasteiger partial charge in [-0.05, 0) is 48.0 Å². The number of rotatable bonds is 7. The van der Waals surface area contributed by atoms with Gasteiger partial charge in [-0.25, -0.2) is 0 Å². The fraction of sp³-hybridized carbons (Fsp3) is 0.269. The minimum Gasteiger partial charge on any atom is -0.497 e. The molecule has 0 aromatic heterocycles. The van der Waals surface area contributed by atoms with E-state index in [1.165, 1.54) is 5.56 Å². The molecule has 1 N–H and O–H groups in total. The molecule has 1 amide bonds. The summed E-state index contributed by atoms with van der Waals surface area (Å²) in [5.74, 6) is 0.931. The van der Waals surface area contributed by atoms with Gasteiger partial charge in [-0.2, -0.15) is 0 Å². The maximum Gasteiger partial charge on any atom is 0.255 e. The summed E-state index contributed by atoms with van der Waals surface area (Å²) in [4.78, 5) is 17.5. The summed E-state index contributed by atoms with van der Waals surface area (Å²) in [5, 5.41) is 3.77. The van der Waals surface area contributed by atoms with Crippen molar-refractivity contribution in [3.05, 3.63) is 82.9 Å². The van der Waals surface area contributed by atoms with E-state index in [9.17, 15) is 4.79 Å². The molecule has 0 aliphatic carbocycles. The predicted molar refractivity (Wildman–Crippen MR) is 133 cm³/mol. The molecule has 0 atom stereocenters. The van der Waals surface area contributed by atoms with Crippen LogP contribution < -0.4 is 19.7 Å². The first kappa shape index (κ1) is 23.0. The lowest BCUT2D eigenvalue weighted by Gasteiger charge is -2.36. The minimum atomic E-state index is -0.215. The fourth-order valence-corrected chi connectivity index (χ4v) is 4.12. The maximum absolute atomic E-state index is 12.7. The van der Waals surface area contributed by atoms with Crippen LogP contribution in [0.3, 0.4) is 0 Å². The number of hydrogen-bond acceptors (Lipinski definition) is 5. The van der Waals surface area contributed by atoms with Gasteiger partial charge >= 0.3 is 0 Å². The van der Waals surface area contributed by atoms with Crippen molar-refractivity contribution in [3.8, 4) is 11.5 Å². The van der Waals surface area contributed by atoms with Crippen LogP contribution in [0, 0.1) is 0 Å². The Kier molecular flexibility index (Phi) is 7.37. The molecule has 1 saturated heterocycles. The van der Waals surface area contributed by atoms with Gasteiger partial charge in [-0.3, -0.25) is 9.69 Å². The van der Waals surface area contributed by atoms with Crippen LogP contribution in [0.15, 0.2) is 66.7 Å². The predicted octanol–water partition coefficient (Wildman–Crippen LogP) is 4.93. The molecule has 0 bridgehead atoms. The summed E-state index contributed by atoms with van der Waals surface area (Å²) in [6, 6.07) is 21.1. The lowest BCUT2D eigenvalue weighted by molar-refractivity contribution is 0.102. The van der Waals surface area contributed by atoms with Crippen LogP contribution in [-0.4, -0.2) is 51.2 Å². The molecule has 3 aromatic rings. The highest BCUT2D eigenvalue weighted by molar-refractivity contribution is 6.31. The molecule has 4 rings (SSSR count). The Morgan fingerprint density at radius 2 is 1.55 bits per heavy atom. The molecule has 1 aliphatic rings. The Labute approximate surface area is 199 Å². The second-order valence-electron chi connectivity index (χ2n) is 7.96. The van der Waals surface area contributed by atoms with Crippen LogP contribution in [-0.2, 0) is 6.54 Å². The van der Waals surface area contributed by atoms with Crippen LogP contribution in [0.5, 0.6) is 11.5 Å². The van der Waals surface area contributed by atoms with Crippen molar-refractivity contribution < 1.29 is 14.3 Å². The molecule has 0 spiro atoms. The average Bonchev–Trinajstić information content (AvgIpc) is 2.86. The van der Waals surface area contributed by atoms with Crippen molar-refractivity contribution in [2.75, 3.05) is 50.6 Å². The Morgan fingerprint density at radius 1 is 0.909 bits per heavy atom. The lowest BCUT2D eigenvalue weighted by Crippen LogP contribution is -2.46. The first-order chi connectivity index (χ1) is 16.1. The Morgan fingerprint density at radius 3 is 2.15 bits per heavy atom. The zero-order chi connectivity index (χ0) is 23.2. The molecule has 7 heteroatoms. The normalized spacial score (nSPS) is 14.1. The average molecular weight is 466 g/mol. The SMILES string of the molecule is COc1cc(OC)cc(C(=O)Nc2ccc(N3CCN(Cc4ccccc4Cl)CC3)cc2)c1. The summed E-state index contributed by atoms with van der Waals surface area (Å²) in [6.07, 6.45) is 0. The molecular formula is C26H28ClN3O3. The third kappa shape index (κ3) is 5.78. The molecule has 0 saturated carbocycles. The van der Waals surface area contributed by atoms with E-state index in [1.54, 1.807) is 32.4 Å². The molecular weight excluding hydrogens is 438 g/mol. The van der Waals surface area contributed by atoms with Gasteiger partial charge < -0.3 is 19.7 Å². The van der Waals surface area contributed by atoms with Crippen molar-refractivity contribution in [2.24, 2.45) is 0 Å². The van der Waals surface area contributed by atoms with Gasteiger partial charge in [0.25, 0.3) is 5.91 Å². The lowest BCUT2D eigenvalue weighted by atomic mass is 10.1. The van der Waals surface area contributed by atoms with Crippen molar-refractivity contribution in [1.82, 2.24) is 4.90 Å². The number of halogens is 1. The number of ether oxygens (including phenoxy) is 2. The highest BCUT2D eigenvalue weighted by atomic mass is 35.5. The number of carbonyl (C=O) groups is 1. The largest absolute Gasteiger partial charge is 0.497 e. The second-order valence-corrected chi connectivity index (χ2v) is 8.36. The molecule has 33 heavy (non-hydrogen) atoms. The standard InChI is InChI=1S/C26H28ClN3O3/c1-32-23-15-20(16-24(17-23)33-2)26(31)28-21-7-9-22(10-8-21)30-13-11-29(12-14-30)18-19-5-3-4-6-25(19)27/h3-10,15-17H,11-14,18H2,1-2H3,(H,28,31). The van der Waals surface area contributed by atoms with Gasteiger partial charge in [-0.15, -0.1) is 0 Å². The number of nitrogens with one attached hydrogen (secondary N) is 1. The van der Waals surface area contributed by atoms with Gasteiger partial charge in [0, 0.05) is 60.8 Å². The van der Waals surface area contributed by atoms with Gasteiger partial charge in [0.15, 0.2) is 0 Å². The van der Waals surface area contributed by atoms with E-state index in [0.717, 1.165) is 49.1 Å². The third-order valence-corrected chi connectivity index (χ3v) is 6.20. The monoisotopic (exact) mass is 465 g/mol. The molecule has 3 aromatic carbocycles. The van der Waals surface area contributed by atoms with E-state index in [1.807, 2.05) is 42.5 Å². The number of piperazine rings is 1. The third-order valence-electron chi connectivity index (χ3n) is 5.83. The number of benzene rings is 3. The Balaban J connectivity index is 1.33. The van der Waals surface area contributed by atoms with Crippen molar-refractivity contribution in [2.45, 2.75) is 6.54 Å². The zero-order valence-corrected chi connectivity index (χ0v) is 19.6. The smallest absolute Gasteiger partial charge is 0.255 e. The van der Waals surface area contributed by atoms with Crippen LogP contribution in [0.2, 0.25) is 5.02 Å². The zero-order valence-electron chi connectivity index (χ0n) is 18.9. The number of amides is 1. The van der Waals surface area contributed by atoms with E-state index < -0.39 is 0 Å². The molecule has 0 unspecified atom stereocenters. The molecule has 1 fully saturated rings. The Bertz CT molecular complexity index is 1070. The number of hydrogen-bond donors (Lipinski definition) is 1. The number of carbonyl (C=O) groups excluding carboxylic acids is 1. The molecule has 1 heterocycles. The van der Waals surface area contributed by atoms with Gasteiger partial charge in [0.2, 0.25) is 0 Å². The summed E-state index contributed by atoms with van der Waals surface area (Å²) < 4.78 is 10.5. The van der Waals surface area contributed by atoms with Crippen LogP contribution in [0.4, 0.5) is 11.4 Å². The van der Waals surface area contributed by atoms with Gasteiger partial charge in [-0.1, -0.05) is 29.8 Å². The maximum atomic E-state index is 12.7. The molecule has 0 radical (unpaired) electrons. The van der Waals surface area contributed by atoms with E-state index in [0.29, 0.717) is 17.1 Å². The van der Waals surface area contributed by atoms with Crippen LogP contribution in [0.25, 0.3) is 0 Å². The Hall–Kier alpha value is -3.22. The summed E-state index contributed by atoms with van der Waals surface area (Å²) in [5.41, 5.74) is 3.53. The van der Waals surface area contributed by atoms with Crippen LogP contribution in [0.1, 0.15) is 15.9 Å². The first-order valence-electron chi connectivity index (χ1n) is 10.9. The van der Waals surface area contributed by atoms with Crippen molar-refractivity contribution in [3.63, 3.8) is 0 Å². The quantitative estimate of drug-likeness (QED) is 0.536. The topological polar surface area (TPSA) is 54.0 Å². The van der Waals surface area contributed by atoms with E-state index in [4.69, 9.17) is 21.1 Å². The fourth-order valence-electron chi connectivity index (χ4n) is 3.93. The summed E-state index contributed by atoms with van der Waals surface area (Å²) in [7, 11) is 3.12. The van der Waals surface area contributed by atoms with Crippen LogP contribution >= 0.6 is 11.6 Å². The summed E-state index contributed by atoms with van der Waals surface area (Å²) in [6.45, 7) is 4.70. The van der Waals surface area contributed by atoms with E-state index >= 15 is 0 Å². The highest BCUT2D eigenvalue weighted by Crippen LogP contribution is 2.25.